The molecule has 1 heterocycles. The van der Waals surface area contributed by atoms with Crippen molar-refractivity contribution in [3.05, 3.63) is 16.3 Å². The summed E-state index contributed by atoms with van der Waals surface area (Å²) >= 11 is 1.30. The fraction of sp³-hybridized carbons (Fsp3) is 0.286. The van der Waals surface area contributed by atoms with Crippen molar-refractivity contribution in [1.82, 2.24) is 0 Å². The summed E-state index contributed by atoms with van der Waals surface area (Å²) < 4.78 is 5.15. The van der Waals surface area contributed by atoms with Gasteiger partial charge in [0.2, 0.25) is 0 Å². The van der Waals surface area contributed by atoms with E-state index >= 15 is 0 Å². The third-order valence-corrected chi connectivity index (χ3v) is 2.06. The van der Waals surface area contributed by atoms with E-state index in [4.69, 9.17) is 10.5 Å². The van der Waals surface area contributed by atoms with E-state index in [-0.39, 0.29) is 0 Å². The minimum atomic E-state index is -0.427. The van der Waals surface area contributed by atoms with Crippen molar-refractivity contribution in [2.24, 2.45) is 5.73 Å². The molecule has 0 saturated carbocycles. The van der Waals surface area contributed by atoms with Gasteiger partial charge in [-0.2, -0.15) is 0 Å². The molecule has 0 aliphatic rings. The molecule has 2 N–H and O–H groups in total. The van der Waals surface area contributed by atoms with Crippen molar-refractivity contribution in [3.8, 4) is 5.75 Å². The average molecular weight is 171 g/mol. The van der Waals surface area contributed by atoms with Gasteiger partial charge in [-0.25, -0.2) is 0 Å². The number of carbonyl (C=O) groups is 1. The van der Waals surface area contributed by atoms with Gasteiger partial charge in [-0.15, -0.1) is 11.3 Å². The van der Waals surface area contributed by atoms with Gasteiger partial charge in [0.15, 0.2) is 0 Å². The van der Waals surface area contributed by atoms with Crippen LogP contribution in [-0.2, 0) is 0 Å². The summed E-state index contributed by atoms with van der Waals surface area (Å²) in [6.07, 6.45) is 0. The lowest BCUT2D eigenvalue weighted by Gasteiger charge is -1.99. The monoisotopic (exact) mass is 171 g/mol. The van der Waals surface area contributed by atoms with Crippen molar-refractivity contribution < 1.29 is 9.53 Å². The Kier molecular flexibility index (Phi) is 2.48. The van der Waals surface area contributed by atoms with Crippen molar-refractivity contribution >= 4 is 17.2 Å². The van der Waals surface area contributed by atoms with Crippen molar-refractivity contribution in [2.45, 2.75) is 6.92 Å². The molecule has 0 aliphatic heterocycles. The highest BCUT2D eigenvalue weighted by atomic mass is 32.1. The molecule has 0 radical (unpaired) electrons. The highest BCUT2D eigenvalue weighted by Gasteiger charge is 2.09. The Hall–Kier alpha value is -1.03. The van der Waals surface area contributed by atoms with Gasteiger partial charge in [0.25, 0.3) is 5.91 Å². The molecule has 11 heavy (non-hydrogen) atoms. The maximum atomic E-state index is 10.7. The van der Waals surface area contributed by atoms with Crippen LogP contribution in [0, 0.1) is 0 Å². The van der Waals surface area contributed by atoms with Crippen LogP contribution in [0.4, 0.5) is 0 Å². The molecule has 60 valence electrons. The second-order valence-electron chi connectivity index (χ2n) is 1.91. The van der Waals surface area contributed by atoms with Crippen LogP contribution in [0.1, 0.15) is 16.6 Å². The van der Waals surface area contributed by atoms with Crippen LogP contribution in [0.5, 0.6) is 5.75 Å². The van der Waals surface area contributed by atoms with Gasteiger partial charge in [-0.05, 0) is 18.4 Å². The number of carbonyl (C=O) groups excluding carboxylic acids is 1. The van der Waals surface area contributed by atoms with Crippen molar-refractivity contribution in [3.63, 3.8) is 0 Å². The zero-order valence-corrected chi connectivity index (χ0v) is 6.98. The first-order valence-electron chi connectivity index (χ1n) is 3.25. The molecule has 0 aliphatic carbocycles. The Balaban J connectivity index is 2.87. The predicted octanol–water partition coefficient (Wildman–Crippen LogP) is 1.25. The quantitative estimate of drug-likeness (QED) is 0.744. The number of amides is 1. The third-order valence-electron chi connectivity index (χ3n) is 1.15. The van der Waals surface area contributed by atoms with Crippen LogP contribution in [0.3, 0.4) is 0 Å². The number of thiophene rings is 1. The van der Waals surface area contributed by atoms with E-state index in [1.807, 2.05) is 6.92 Å². The largest absolute Gasteiger partial charge is 0.492 e. The molecule has 1 rings (SSSR count). The molecule has 4 heteroatoms. The number of ether oxygens (including phenoxy) is 1. The lowest BCUT2D eigenvalue weighted by molar-refractivity contribution is 0.100. The molecule has 0 atom stereocenters. The van der Waals surface area contributed by atoms with Crippen LogP contribution < -0.4 is 10.5 Å². The van der Waals surface area contributed by atoms with E-state index < -0.39 is 5.91 Å². The molecule has 0 aromatic carbocycles. The lowest BCUT2D eigenvalue weighted by Crippen LogP contribution is -2.10. The number of primary amides is 1. The van der Waals surface area contributed by atoms with Gasteiger partial charge in [-0.3, -0.25) is 4.79 Å². The molecule has 0 fully saturated rings. The summed E-state index contributed by atoms with van der Waals surface area (Å²) in [6.45, 7) is 2.42. The van der Waals surface area contributed by atoms with E-state index in [9.17, 15) is 4.79 Å². The number of hydrogen-bond acceptors (Lipinski definition) is 3. The van der Waals surface area contributed by atoms with Crippen LogP contribution in [0.2, 0.25) is 0 Å². The van der Waals surface area contributed by atoms with E-state index in [2.05, 4.69) is 0 Å². The van der Waals surface area contributed by atoms with Crippen molar-refractivity contribution in [1.29, 1.82) is 0 Å². The topological polar surface area (TPSA) is 52.3 Å². The van der Waals surface area contributed by atoms with Crippen molar-refractivity contribution in [2.75, 3.05) is 6.61 Å². The molecular formula is C7H9NO2S. The summed E-state index contributed by atoms with van der Waals surface area (Å²) in [5, 5.41) is 1.78. The molecule has 1 aromatic rings. The molecule has 3 nitrogen and oxygen atoms in total. The summed E-state index contributed by atoms with van der Waals surface area (Å²) in [6, 6.07) is 1.74. The van der Waals surface area contributed by atoms with Crippen LogP contribution in [0.15, 0.2) is 11.4 Å². The molecule has 0 spiro atoms. The smallest absolute Gasteiger partial charge is 0.262 e. The first kappa shape index (κ1) is 8.07. The molecule has 0 bridgehead atoms. The number of rotatable bonds is 3. The fourth-order valence-corrected chi connectivity index (χ4v) is 1.43. The predicted molar refractivity (Wildman–Crippen MR) is 44.0 cm³/mol. The second-order valence-corrected chi connectivity index (χ2v) is 2.83. The number of nitrogens with two attached hydrogens (primary N) is 1. The highest BCUT2D eigenvalue weighted by molar-refractivity contribution is 7.12. The lowest BCUT2D eigenvalue weighted by atomic mass is 10.4. The van der Waals surface area contributed by atoms with E-state index in [0.29, 0.717) is 17.2 Å². The second kappa shape index (κ2) is 3.39. The third kappa shape index (κ3) is 1.71. The molecule has 1 amide bonds. The Bertz CT molecular complexity index is 257. The summed E-state index contributed by atoms with van der Waals surface area (Å²) in [4.78, 5) is 11.2. The number of hydrogen-bond donors (Lipinski definition) is 1. The normalized spacial score (nSPS) is 9.55. The van der Waals surface area contributed by atoms with Crippen LogP contribution >= 0.6 is 11.3 Å². The highest BCUT2D eigenvalue weighted by Crippen LogP contribution is 2.23. The molecule has 0 unspecified atom stereocenters. The van der Waals surface area contributed by atoms with Gasteiger partial charge >= 0.3 is 0 Å². The maximum absolute atomic E-state index is 10.7. The average Bonchev–Trinajstić information content (AvgIpc) is 2.36. The first-order valence-corrected chi connectivity index (χ1v) is 4.13. The standard InChI is InChI=1S/C7H9NO2S/c1-2-10-5-3-4-11-6(5)7(8)9/h3-4H,2H2,1H3,(H2,8,9). The first-order chi connectivity index (χ1) is 5.25. The SMILES string of the molecule is CCOc1ccsc1C(N)=O. The van der Waals surface area contributed by atoms with Gasteiger partial charge < -0.3 is 10.5 Å². The zero-order chi connectivity index (χ0) is 8.27. The molecule has 1 aromatic heterocycles. The van der Waals surface area contributed by atoms with Crippen LogP contribution in [-0.4, -0.2) is 12.5 Å². The van der Waals surface area contributed by atoms with E-state index in [1.165, 1.54) is 11.3 Å². The maximum Gasteiger partial charge on any atom is 0.262 e. The van der Waals surface area contributed by atoms with Gasteiger partial charge in [0, 0.05) is 0 Å². The van der Waals surface area contributed by atoms with Gasteiger partial charge in [0.05, 0.1) is 6.61 Å². The van der Waals surface area contributed by atoms with E-state index in [1.54, 1.807) is 11.4 Å². The Morgan fingerprint density at radius 2 is 2.55 bits per heavy atom. The van der Waals surface area contributed by atoms with Crippen LogP contribution in [0.25, 0.3) is 0 Å². The Labute approximate surface area is 68.8 Å². The summed E-state index contributed by atoms with van der Waals surface area (Å²) in [5.74, 6) is 0.161. The Morgan fingerprint density at radius 1 is 1.82 bits per heavy atom. The van der Waals surface area contributed by atoms with Gasteiger partial charge in [0.1, 0.15) is 10.6 Å². The minimum absolute atomic E-state index is 0.427. The van der Waals surface area contributed by atoms with Gasteiger partial charge in [-0.1, -0.05) is 0 Å². The van der Waals surface area contributed by atoms with E-state index in [0.717, 1.165) is 0 Å². The minimum Gasteiger partial charge on any atom is -0.492 e. The molecule has 0 saturated heterocycles. The summed E-state index contributed by atoms with van der Waals surface area (Å²) in [5.41, 5.74) is 5.08. The Morgan fingerprint density at radius 3 is 3.09 bits per heavy atom. The fourth-order valence-electron chi connectivity index (χ4n) is 0.746. The summed E-state index contributed by atoms with van der Waals surface area (Å²) in [7, 11) is 0. The molecular weight excluding hydrogens is 162 g/mol. The zero-order valence-electron chi connectivity index (χ0n) is 6.16.